The van der Waals surface area contributed by atoms with Crippen LogP contribution in [0.3, 0.4) is 0 Å². The molecule has 0 bridgehead atoms. The lowest BCUT2D eigenvalue weighted by Crippen LogP contribution is -2.42. The van der Waals surface area contributed by atoms with Crippen molar-refractivity contribution in [1.82, 2.24) is 10.2 Å². The molecule has 2 aromatic rings. The van der Waals surface area contributed by atoms with E-state index in [1.54, 1.807) is 0 Å². The monoisotopic (exact) mass is 348 g/mol. The van der Waals surface area contributed by atoms with Gasteiger partial charge in [0.1, 0.15) is 0 Å². The molecule has 0 saturated heterocycles. The molecule has 1 aliphatic heterocycles. The maximum atomic E-state index is 12.4. The quantitative estimate of drug-likeness (QED) is 0.898. The van der Waals surface area contributed by atoms with Crippen LogP contribution in [0.15, 0.2) is 35.7 Å². The highest BCUT2D eigenvalue weighted by Crippen LogP contribution is 2.32. The number of benzene rings is 1. The predicted molar refractivity (Wildman–Crippen MR) is 96.0 cm³/mol. The Labute approximate surface area is 146 Å². The van der Waals surface area contributed by atoms with Crippen LogP contribution in [0.25, 0.3) is 0 Å². The number of fused-ring (bicyclic) bond motifs is 1. The van der Waals surface area contributed by atoms with E-state index in [2.05, 4.69) is 28.6 Å². The number of halogens is 1. The number of hydrogen-bond donors (Lipinski definition) is 1. The second kappa shape index (κ2) is 7.04. The molecule has 1 aliphatic rings. The van der Waals surface area contributed by atoms with Crippen LogP contribution in [-0.4, -0.2) is 23.9 Å². The maximum Gasteiger partial charge on any atom is 0.234 e. The Morgan fingerprint density at radius 1 is 1.43 bits per heavy atom. The van der Waals surface area contributed by atoms with Crippen LogP contribution >= 0.6 is 22.9 Å². The zero-order chi connectivity index (χ0) is 16.4. The zero-order valence-electron chi connectivity index (χ0n) is 13.4. The Bertz CT molecular complexity index is 700. The van der Waals surface area contributed by atoms with Gasteiger partial charge < -0.3 is 5.32 Å². The minimum Gasteiger partial charge on any atom is -0.348 e. The molecule has 1 N–H and O–H groups in total. The summed E-state index contributed by atoms with van der Waals surface area (Å²) in [7, 11) is 0. The molecule has 1 amide bonds. The molecule has 2 atom stereocenters. The summed E-state index contributed by atoms with van der Waals surface area (Å²) < 4.78 is 0. The smallest absolute Gasteiger partial charge is 0.234 e. The number of carbonyl (C=O) groups is 1. The minimum absolute atomic E-state index is 0.0444. The highest BCUT2D eigenvalue weighted by molar-refractivity contribution is 7.10. The van der Waals surface area contributed by atoms with Gasteiger partial charge in [0, 0.05) is 22.5 Å². The Morgan fingerprint density at radius 3 is 3.00 bits per heavy atom. The predicted octanol–water partition coefficient (Wildman–Crippen LogP) is 4.20. The lowest BCUT2D eigenvalue weighted by molar-refractivity contribution is -0.123. The van der Waals surface area contributed by atoms with Gasteiger partial charge in [-0.15, -0.1) is 11.3 Å². The van der Waals surface area contributed by atoms with E-state index in [4.69, 9.17) is 11.6 Å². The van der Waals surface area contributed by atoms with Gasteiger partial charge in [0.2, 0.25) is 5.91 Å². The Balaban J connectivity index is 1.61. The van der Waals surface area contributed by atoms with Crippen molar-refractivity contribution >= 4 is 28.8 Å². The summed E-state index contributed by atoms with van der Waals surface area (Å²) >= 11 is 8.02. The van der Waals surface area contributed by atoms with Gasteiger partial charge in [-0.3, -0.25) is 9.69 Å². The van der Waals surface area contributed by atoms with Gasteiger partial charge in [0.15, 0.2) is 0 Å². The highest BCUT2D eigenvalue weighted by atomic mass is 35.5. The third-order valence-electron chi connectivity index (χ3n) is 4.50. The fourth-order valence-corrected chi connectivity index (χ4v) is 4.42. The summed E-state index contributed by atoms with van der Waals surface area (Å²) in [4.78, 5) is 16.1. The van der Waals surface area contributed by atoms with Gasteiger partial charge in [-0.1, -0.05) is 29.8 Å². The normalized spacial score (nSPS) is 19.2. The van der Waals surface area contributed by atoms with Crippen LogP contribution in [0.1, 0.15) is 41.9 Å². The molecule has 1 aromatic carbocycles. The van der Waals surface area contributed by atoms with E-state index in [1.807, 2.05) is 42.5 Å². The molecule has 1 aromatic heterocycles. The van der Waals surface area contributed by atoms with Gasteiger partial charge in [-0.05, 0) is 48.9 Å². The molecule has 3 rings (SSSR count). The van der Waals surface area contributed by atoms with E-state index in [0.717, 1.165) is 18.5 Å². The number of hydrogen-bond acceptors (Lipinski definition) is 3. The molecule has 3 nitrogen and oxygen atoms in total. The molecule has 2 unspecified atom stereocenters. The van der Waals surface area contributed by atoms with E-state index >= 15 is 0 Å². The highest BCUT2D eigenvalue weighted by Gasteiger charge is 2.26. The average molecular weight is 349 g/mol. The standard InChI is InChI=1S/C18H21ClN2OS/c1-12(14-5-3-4-6-16(14)19)20-18(22)11-21-9-7-17-15(13(21)2)8-10-23-17/h3-6,8,10,12-13H,7,9,11H2,1-2H3,(H,20,22). The first-order chi connectivity index (χ1) is 11.1. The molecule has 0 spiro atoms. The Hall–Kier alpha value is -1.36. The number of nitrogens with zero attached hydrogens (tertiary/aromatic N) is 1. The van der Waals surface area contributed by atoms with Crippen LogP contribution in [0.2, 0.25) is 5.02 Å². The summed E-state index contributed by atoms with van der Waals surface area (Å²) in [6.45, 7) is 5.50. The third kappa shape index (κ3) is 3.60. The SMILES string of the molecule is CC(NC(=O)CN1CCc2sccc2C1C)c1ccccc1Cl. The minimum atomic E-state index is -0.0898. The van der Waals surface area contributed by atoms with Crippen molar-refractivity contribution in [2.75, 3.05) is 13.1 Å². The summed E-state index contributed by atoms with van der Waals surface area (Å²) in [5, 5.41) is 5.89. The Morgan fingerprint density at radius 2 is 2.22 bits per heavy atom. The van der Waals surface area contributed by atoms with Crippen molar-refractivity contribution in [1.29, 1.82) is 0 Å². The molecule has 23 heavy (non-hydrogen) atoms. The van der Waals surface area contributed by atoms with Gasteiger partial charge >= 0.3 is 0 Å². The van der Waals surface area contributed by atoms with Crippen LogP contribution < -0.4 is 5.32 Å². The molecular formula is C18H21ClN2OS. The Kier molecular flexibility index (Phi) is 5.05. The molecule has 122 valence electrons. The number of nitrogens with one attached hydrogen (secondary N) is 1. The van der Waals surface area contributed by atoms with Crippen LogP contribution in [0.5, 0.6) is 0 Å². The number of rotatable bonds is 4. The summed E-state index contributed by atoms with van der Waals surface area (Å²) in [5.41, 5.74) is 2.32. The van der Waals surface area contributed by atoms with E-state index in [-0.39, 0.29) is 11.9 Å². The van der Waals surface area contributed by atoms with Crippen molar-refractivity contribution in [3.8, 4) is 0 Å². The van der Waals surface area contributed by atoms with E-state index in [1.165, 1.54) is 10.4 Å². The molecular weight excluding hydrogens is 328 g/mol. The van der Waals surface area contributed by atoms with Crippen LogP contribution in [0, 0.1) is 0 Å². The summed E-state index contributed by atoms with van der Waals surface area (Å²) in [6.07, 6.45) is 1.03. The second-order valence-electron chi connectivity index (χ2n) is 6.01. The van der Waals surface area contributed by atoms with Crippen molar-refractivity contribution < 1.29 is 4.79 Å². The van der Waals surface area contributed by atoms with Gasteiger partial charge in [-0.25, -0.2) is 0 Å². The van der Waals surface area contributed by atoms with Gasteiger partial charge in [0.25, 0.3) is 0 Å². The lowest BCUT2D eigenvalue weighted by atomic mass is 10.0. The second-order valence-corrected chi connectivity index (χ2v) is 7.41. The van der Waals surface area contributed by atoms with E-state index < -0.39 is 0 Å². The number of carbonyl (C=O) groups excluding carboxylic acids is 1. The first-order valence-electron chi connectivity index (χ1n) is 7.90. The van der Waals surface area contributed by atoms with Crippen LogP contribution in [0.4, 0.5) is 0 Å². The molecule has 0 fully saturated rings. The van der Waals surface area contributed by atoms with Crippen LogP contribution in [-0.2, 0) is 11.2 Å². The average Bonchev–Trinajstić information content (AvgIpc) is 3.00. The van der Waals surface area contributed by atoms with Crippen molar-refractivity contribution in [2.24, 2.45) is 0 Å². The topological polar surface area (TPSA) is 32.3 Å². The molecule has 0 radical (unpaired) electrons. The van der Waals surface area contributed by atoms with Crippen molar-refractivity contribution in [3.63, 3.8) is 0 Å². The molecule has 0 saturated carbocycles. The molecule has 0 aliphatic carbocycles. The van der Waals surface area contributed by atoms with Crippen molar-refractivity contribution in [3.05, 3.63) is 56.7 Å². The fraction of sp³-hybridized carbons (Fsp3) is 0.389. The summed E-state index contributed by atoms with van der Waals surface area (Å²) in [6, 6.07) is 10.0. The lowest BCUT2D eigenvalue weighted by Gasteiger charge is -2.33. The third-order valence-corrected chi connectivity index (χ3v) is 5.84. The molecule has 2 heterocycles. The zero-order valence-corrected chi connectivity index (χ0v) is 15.0. The van der Waals surface area contributed by atoms with E-state index in [0.29, 0.717) is 17.6 Å². The summed E-state index contributed by atoms with van der Waals surface area (Å²) in [5.74, 6) is 0.0444. The van der Waals surface area contributed by atoms with E-state index in [9.17, 15) is 4.79 Å². The van der Waals surface area contributed by atoms with Gasteiger partial charge in [0.05, 0.1) is 12.6 Å². The maximum absolute atomic E-state index is 12.4. The fourth-order valence-electron chi connectivity index (χ4n) is 3.15. The number of thiophene rings is 1. The van der Waals surface area contributed by atoms with Crippen molar-refractivity contribution in [2.45, 2.75) is 32.4 Å². The molecule has 5 heteroatoms. The first kappa shape index (κ1) is 16.5. The first-order valence-corrected chi connectivity index (χ1v) is 9.16. The number of amides is 1. The largest absolute Gasteiger partial charge is 0.348 e. The van der Waals surface area contributed by atoms with Gasteiger partial charge in [-0.2, -0.15) is 0 Å².